The Hall–Kier alpha value is -1.56. The van der Waals surface area contributed by atoms with Crippen LogP contribution < -0.4 is 10.6 Å². The van der Waals surface area contributed by atoms with Crippen LogP contribution in [-0.2, 0) is 10.7 Å². The van der Waals surface area contributed by atoms with E-state index in [0.29, 0.717) is 6.54 Å². The molecule has 0 saturated heterocycles. The van der Waals surface area contributed by atoms with Crippen LogP contribution in [0.1, 0.15) is 18.9 Å². The van der Waals surface area contributed by atoms with Crippen molar-refractivity contribution in [3.05, 3.63) is 35.6 Å². The van der Waals surface area contributed by atoms with Gasteiger partial charge in [-0.2, -0.15) is 8.78 Å². The van der Waals surface area contributed by atoms with E-state index in [9.17, 15) is 18.0 Å². The van der Waals surface area contributed by atoms with E-state index >= 15 is 0 Å². The second kappa shape index (κ2) is 7.13. The van der Waals surface area contributed by atoms with Gasteiger partial charge < -0.3 is 10.6 Å². The van der Waals surface area contributed by atoms with E-state index in [1.165, 1.54) is 0 Å². The van der Waals surface area contributed by atoms with E-state index in [-0.39, 0.29) is 6.54 Å². The molecule has 0 aliphatic heterocycles. The first-order chi connectivity index (χ1) is 8.98. The summed E-state index contributed by atoms with van der Waals surface area (Å²) in [4.78, 5) is 11.4. The molecule has 0 radical (unpaired) electrons. The van der Waals surface area contributed by atoms with E-state index < -0.39 is 23.2 Å². The first-order valence-corrected chi connectivity index (χ1v) is 6.11. The maximum absolute atomic E-state index is 13.7. The fraction of sp³-hybridized carbons (Fsp3) is 0.462. The van der Waals surface area contributed by atoms with Gasteiger partial charge in [-0.25, -0.2) is 4.39 Å². The van der Waals surface area contributed by atoms with Gasteiger partial charge in [-0.3, -0.25) is 4.79 Å². The van der Waals surface area contributed by atoms with Crippen molar-refractivity contribution in [1.82, 2.24) is 10.6 Å². The van der Waals surface area contributed by atoms with Crippen molar-refractivity contribution in [3.8, 4) is 0 Å². The van der Waals surface area contributed by atoms with Crippen molar-refractivity contribution < 1.29 is 18.0 Å². The quantitative estimate of drug-likeness (QED) is 0.747. The van der Waals surface area contributed by atoms with Crippen LogP contribution in [-0.4, -0.2) is 25.5 Å². The topological polar surface area (TPSA) is 41.1 Å². The molecule has 19 heavy (non-hydrogen) atoms. The van der Waals surface area contributed by atoms with Crippen molar-refractivity contribution in [1.29, 1.82) is 0 Å². The maximum atomic E-state index is 13.7. The van der Waals surface area contributed by atoms with Gasteiger partial charge >= 0.3 is 5.92 Å². The first kappa shape index (κ1) is 15.5. The van der Waals surface area contributed by atoms with Gasteiger partial charge in [-0.1, -0.05) is 6.92 Å². The molecule has 0 atom stereocenters. The van der Waals surface area contributed by atoms with Gasteiger partial charge in [-0.15, -0.1) is 0 Å². The average molecular weight is 274 g/mol. The smallest absolute Gasteiger partial charge is 0.349 e. The highest BCUT2D eigenvalue weighted by Gasteiger charge is 2.40. The number of nitrogens with one attached hydrogen (secondary N) is 2. The Labute approximate surface area is 110 Å². The van der Waals surface area contributed by atoms with Gasteiger partial charge in [0.25, 0.3) is 5.91 Å². The molecular weight excluding hydrogens is 257 g/mol. The number of hydrogen-bond acceptors (Lipinski definition) is 2. The summed E-state index contributed by atoms with van der Waals surface area (Å²) in [6.07, 6.45) is 0.930. The predicted octanol–water partition coefficient (Wildman–Crippen LogP) is 2.03. The van der Waals surface area contributed by atoms with Crippen LogP contribution in [0.2, 0.25) is 0 Å². The standard InChI is InChI=1S/C13H17F3N2O/c1-2-7-17-8-9-18-12(19)13(15,16)10-3-5-11(14)6-4-10/h3-6,17H,2,7-9H2,1H3,(H,18,19). The van der Waals surface area contributed by atoms with Crippen molar-refractivity contribution in [2.24, 2.45) is 0 Å². The Bertz CT molecular complexity index is 407. The summed E-state index contributed by atoms with van der Waals surface area (Å²) in [5.74, 6) is -5.65. The highest BCUT2D eigenvalue weighted by Crippen LogP contribution is 2.28. The minimum absolute atomic E-state index is 0.121. The summed E-state index contributed by atoms with van der Waals surface area (Å²) in [6.45, 7) is 3.30. The van der Waals surface area contributed by atoms with Crippen LogP contribution in [0.5, 0.6) is 0 Å². The fourth-order valence-corrected chi connectivity index (χ4v) is 1.47. The van der Waals surface area contributed by atoms with E-state index in [4.69, 9.17) is 0 Å². The van der Waals surface area contributed by atoms with Gasteiger partial charge in [0, 0.05) is 18.7 Å². The third-order valence-electron chi connectivity index (χ3n) is 2.51. The lowest BCUT2D eigenvalue weighted by molar-refractivity contribution is -0.146. The van der Waals surface area contributed by atoms with E-state index in [0.717, 1.165) is 37.2 Å². The molecule has 0 heterocycles. The maximum Gasteiger partial charge on any atom is 0.349 e. The molecule has 0 spiro atoms. The predicted molar refractivity (Wildman–Crippen MR) is 66.5 cm³/mol. The lowest BCUT2D eigenvalue weighted by Crippen LogP contribution is -2.41. The monoisotopic (exact) mass is 274 g/mol. The van der Waals surface area contributed by atoms with Gasteiger partial charge in [-0.05, 0) is 37.2 Å². The summed E-state index contributed by atoms with van der Waals surface area (Å²) >= 11 is 0. The largest absolute Gasteiger partial charge is 0.349 e. The zero-order chi connectivity index (χ0) is 14.3. The Balaban J connectivity index is 2.52. The van der Waals surface area contributed by atoms with E-state index in [1.807, 2.05) is 6.92 Å². The van der Waals surface area contributed by atoms with E-state index in [1.54, 1.807) is 0 Å². The highest BCUT2D eigenvalue weighted by molar-refractivity contribution is 5.84. The van der Waals surface area contributed by atoms with Crippen molar-refractivity contribution in [2.45, 2.75) is 19.3 Å². The molecule has 3 nitrogen and oxygen atoms in total. The number of halogens is 3. The van der Waals surface area contributed by atoms with Crippen LogP contribution in [0.4, 0.5) is 13.2 Å². The van der Waals surface area contributed by atoms with Crippen LogP contribution >= 0.6 is 0 Å². The molecule has 0 aliphatic carbocycles. The summed E-state index contributed by atoms with van der Waals surface area (Å²) in [5, 5.41) is 5.13. The molecule has 1 rings (SSSR count). The molecule has 0 unspecified atom stereocenters. The molecule has 0 aliphatic rings. The number of carbonyl (C=O) groups excluding carboxylic acids is 1. The Morgan fingerprint density at radius 2 is 1.79 bits per heavy atom. The van der Waals surface area contributed by atoms with Crippen LogP contribution in [0.3, 0.4) is 0 Å². The Morgan fingerprint density at radius 1 is 1.16 bits per heavy atom. The fourth-order valence-electron chi connectivity index (χ4n) is 1.47. The summed E-state index contributed by atoms with van der Waals surface area (Å²) in [7, 11) is 0. The molecule has 0 fully saturated rings. The number of amides is 1. The molecule has 0 bridgehead atoms. The molecule has 0 saturated carbocycles. The molecule has 2 N–H and O–H groups in total. The number of carbonyl (C=O) groups is 1. The second-order valence-corrected chi connectivity index (χ2v) is 4.09. The molecule has 106 valence electrons. The molecular formula is C13H17F3N2O. The summed E-state index contributed by atoms with van der Waals surface area (Å²) in [5.41, 5.74) is -0.520. The zero-order valence-electron chi connectivity index (χ0n) is 10.7. The molecule has 1 aromatic carbocycles. The van der Waals surface area contributed by atoms with Crippen LogP contribution in [0.15, 0.2) is 24.3 Å². The van der Waals surface area contributed by atoms with Gasteiger partial charge in [0.05, 0.1) is 0 Å². The molecule has 6 heteroatoms. The van der Waals surface area contributed by atoms with Crippen molar-refractivity contribution >= 4 is 5.91 Å². The van der Waals surface area contributed by atoms with E-state index in [2.05, 4.69) is 10.6 Å². The van der Waals surface area contributed by atoms with Gasteiger partial charge in [0.1, 0.15) is 5.82 Å². The number of alkyl halides is 2. The summed E-state index contributed by atoms with van der Waals surface area (Å²) < 4.78 is 40.0. The van der Waals surface area contributed by atoms with Crippen molar-refractivity contribution in [2.75, 3.05) is 19.6 Å². The number of hydrogen-bond donors (Lipinski definition) is 2. The van der Waals surface area contributed by atoms with Crippen LogP contribution in [0, 0.1) is 5.82 Å². The summed E-state index contributed by atoms with van der Waals surface area (Å²) in [6, 6.07) is 3.62. The third-order valence-corrected chi connectivity index (χ3v) is 2.51. The Kier molecular flexibility index (Phi) is 5.82. The van der Waals surface area contributed by atoms with Gasteiger partial charge in [0.2, 0.25) is 0 Å². The lowest BCUT2D eigenvalue weighted by Gasteiger charge is -2.16. The average Bonchev–Trinajstić information content (AvgIpc) is 2.38. The molecule has 1 amide bonds. The first-order valence-electron chi connectivity index (χ1n) is 6.11. The highest BCUT2D eigenvalue weighted by atomic mass is 19.3. The minimum Gasteiger partial charge on any atom is -0.349 e. The second-order valence-electron chi connectivity index (χ2n) is 4.09. The molecule has 1 aromatic rings. The number of rotatable bonds is 7. The Morgan fingerprint density at radius 3 is 2.37 bits per heavy atom. The van der Waals surface area contributed by atoms with Crippen molar-refractivity contribution in [3.63, 3.8) is 0 Å². The minimum atomic E-state index is -3.65. The SMILES string of the molecule is CCCNCCNC(=O)C(F)(F)c1ccc(F)cc1. The number of benzene rings is 1. The third kappa shape index (κ3) is 4.55. The lowest BCUT2D eigenvalue weighted by atomic mass is 10.1. The molecule has 0 aromatic heterocycles. The normalized spacial score (nSPS) is 11.4. The van der Waals surface area contributed by atoms with Gasteiger partial charge in [0.15, 0.2) is 0 Å². The van der Waals surface area contributed by atoms with Crippen LogP contribution in [0.25, 0.3) is 0 Å². The zero-order valence-corrected chi connectivity index (χ0v) is 10.7.